The summed E-state index contributed by atoms with van der Waals surface area (Å²) >= 11 is 0. The summed E-state index contributed by atoms with van der Waals surface area (Å²) in [7, 11) is 2.11. The highest BCUT2D eigenvalue weighted by Gasteiger charge is 2.70. The number of rotatable bonds is 5. The van der Waals surface area contributed by atoms with Crippen LogP contribution in [0.1, 0.15) is 70.4 Å². The number of likely N-dealkylation sites (tertiary alicyclic amines) is 1. The molecule has 2 aromatic rings. The van der Waals surface area contributed by atoms with Crippen molar-refractivity contribution in [3.05, 3.63) is 35.5 Å². The summed E-state index contributed by atoms with van der Waals surface area (Å²) in [6, 6.07) is 6.29. The van der Waals surface area contributed by atoms with Crippen molar-refractivity contribution < 1.29 is 19.4 Å². The van der Waals surface area contributed by atoms with E-state index in [4.69, 9.17) is 4.74 Å². The Kier molecular flexibility index (Phi) is 6.36. The van der Waals surface area contributed by atoms with E-state index in [1.54, 1.807) is 4.90 Å². The van der Waals surface area contributed by atoms with Gasteiger partial charge in [0, 0.05) is 48.1 Å². The maximum atomic E-state index is 14.5. The van der Waals surface area contributed by atoms with E-state index in [2.05, 4.69) is 65.4 Å². The predicted octanol–water partition coefficient (Wildman–Crippen LogP) is 2.99. The van der Waals surface area contributed by atoms with Crippen LogP contribution in [0.4, 0.5) is 0 Å². The number of amides is 2. The number of carbonyl (C=O) groups is 2. The molecule has 0 radical (unpaired) electrons. The lowest BCUT2D eigenvalue weighted by atomic mass is 9.72. The molecule has 0 bridgehead atoms. The molecule has 9 heteroatoms. The minimum absolute atomic E-state index is 0.170. The smallest absolute Gasteiger partial charge is 0.280 e. The number of piperazine rings is 1. The van der Waals surface area contributed by atoms with E-state index in [0.29, 0.717) is 19.0 Å². The standard InChI is InChI=1S/C32H45N5O4/c1-6-19(4)26-17-36-12-8-11-27(36)32(40)37(26)30(39)31(41-32,18(2)3)34-29(38)21-13-23-22-9-7-10-24-28(22)20(15-33-24)14-25(23)35(5)16-21/h7,9-10,15,18-19,21,23,25-27,33,40H,6,8,11-14,16-17H2,1-5H3,(H,34,38)/t19-,21+,23+,25+,26+,27-,31+,32-/m0/s1. The lowest BCUT2D eigenvalue weighted by molar-refractivity contribution is -0.331. The fraction of sp³-hybridized carbons (Fsp3) is 0.688. The molecular weight excluding hydrogens is 518 g/mol. The number of fused-ring (bicyclic) bond motifs is 5. The number of carbonyl (C=O) groups excluding carboxylic acids is 2. The summed E-state index contributed by atoms with van der Waals surface area (Å²) in [4.78, 5) is 38.3. The first-order valence-corrected chi connectivity index (χ1v) is 15.7. The average Bonchev–Trinajstić information content (AvgIpc) is 3.65. The highest BCUT2D eigenvalue weighted by Crippen LogP contribution is 2.49. The number of aliphatic hydroxyl groups is 1. The molecule has 9 nitrogen and oxygen atoms in total. The zero-order chi connectivity index (χ0) is 28.8. The number of nitrogens with zero attached hydrogens (tertiary/aromatic N) is 3. The van der Waals surface area contributed by atoms with Crippen molar-refractivity contribution in [1.29, 1.82) is 0 Å². The predicted molar refractivity (Wildman–Crippen MR) is 156 cm³/mol. The number of benzene rings is 1. The Labute approximate surface area is 242 Å². The Bertz CT molecular complexity index is 1380. The van der Waals surface area contributed by atoms with Gasteiger partial charge in [-0.1, -0.05) is 46.2 Å². The quantitative estimate of drug-likeness (QED) is 0.517. The van der Waals surface area contributed by atoms with E-state index in [1.165, 1.54) is 16.5 Å². The van der Waals surface area contributed by atoms with Gasteiger partial charge in [-0.25, -0.2) is 0 Å². The number of hydrogen-bond donors (Lipinski definition) is 3. The summed E-state index contributed by atoms with van der Waals surface area (Å²) < 4.78 is 6.57. The highest BCUT2D eigenvalue weighted by atomic mass is 16.7. The molecule has 0 saturated carbocycles. The van der Waals surface area contributed by atoms with Crippen molar-refractivity contribution in [2.75, 3.05) is 26.7 Å². The molecule has 0 spiro atoms. The van der Waals surface area contributed by atoms with E-state index in [1.807, 2.05) is 13.8 Å². The fourth-order valence-corrected chi connectivity index (χ4v) is 8.77. The maximum Gasteiger partial charge on any atom is 0.280 e. The molecule has 222 valence electrons. The molecule has 4 saturated heterocycles. The molecule has 8 atom stereocenters. The zero-order valence-corrected chi connectivity index (χ0v) is 25.0. The largest absolute Gasteiger partial charge is 0.361 e. The van der Waals surface area contributed by atoms with Crippen LogP contribution in [0, 0.1) is 17.8 Å². The van der Waals surface area contributed by atoms with Crippen LogP contribution in [0.3, 0.4) is 0 Å². The number of nitrogens with one attached hydrogen (secondary N) is 2. The number of hydrogen-bond acceptors (Lipinski definition) is 6. The third-order valence-corrected chi connectivity index (χ3v) is 11.3. The maximum absolute atomic E-state index is 14.5. The number of likely N-dealkylation sites (N-methyl/N-ethyl adjacent to an activating group) is 1. The average molecular weight is 564 g/mol. The SMILES string of the molecule is CC[C@H](C)[C@H]1CN2CCC[C@H]2[C@]2(O)O[C@](NC(=O)[C@@H]3C[C@@H]4c5cccc6[nH]cc(c56)C[C@H]4N(C)C3)(C(C)C)C(=O)N12. The van der Waals surface area contributed by atoms with Gasteiger partial charge in [-0.15, -0.1) is 0 Å². The van der Waals surface area contributed by atoms with Gasteiger partial charge in [-0.2, -0.15) is 0 Å². The molecule has 7 rings (SSSR count). The Morgan fingerprint density at radius 2 is 2.07 bits per heavy atom. The van der Waals surface area contributed by atoms with Crippen LogP contribution in [0.2, 0.25) is 0 Å². The van der Waals surface area contributed by atoms with Crippen molar-refractivity contribution in [2.45, 2.75) is 95.5 Å². The van der Waals surface area contributed by atoms with E-state index in [9.17, 15) is 14.7 Å². The van der Waals surface area contributed by atoms with Gasteiger partial charge < -0.3 is 20.3 Å². The van der Waals surface area contributed by atoms with Crippen molar-refractivity contribution in [3.63, 3.8) is 0 Å². The first-order chi connectivity index (χ1) is 19.6. The molecule has 3 N–H and O–H groups in total. The van der Waals surface area contributed by atoms with Gasteiger partial charge in [0.2, 0.25) is 11.6 Å². The van der Waals surface area contributed by atoms with Crippen molar-refractivity contribution in [2.24, 2.45) is 17.8 Å². The summed E-state index contributed by atoms with van der Waals surface area (Å²) in [5, 5.41) is 16.6. The second-order valence-corrected chi connectivity index (χ2v) is 13.8. The van der Waals surface area contributed by atoms with Crippen molar-refractivity contribution in [3.8, 4) is 0 Å². The molecule has 1 aromatic heterocycles. The van der Waals surface area contributed by atoms with Gasteiger partial charge in [-0.05, 0) is 62.4 Å². The van der Waals surface area contributed by atoms with Crippen LogP contribution >= 0.6 is 0 Å². The highest BCUT2D eigenvalue weighted by molar-refractivity contribution is 5.94. The van der Waals surface area contributed by atoms with Crippen LogP contribution in [0.25, 0.3) is 10.9 Å². The van der Waals surface area contributed by atoms with Crippen LogP contribution in [-0.2, 0) is 20.7 Å². The van der Waals surface area contributed by atoms with Crippen LogP contribution in [0.15, 0.2) is 24.4 Å². The summed E-state index contributed by atoms with van der Waals surface area (Å²) in [5.41, 5.74) is 2.19. The van der Waals surface area contributed by atoms with E-state index in [0.717, 1.165) is 44.3 Å². The van der Waals surface area contributed by atoms with Gasteiger partial charge in [0.05, 0.1) is 18.0 Å². The molecule has 4 aliphatic heterocycles. The first-order valence-electron chi connectivity index (χ1n) is 15.7. The first kappa shape index (κ1) is 27.4. The number of aromatic nitrogens is 1. The van der Waals surface area contributed by atoms with Gasteiger partial charge in [0.15, 0.2) is 0 Å². The molecule has 5 heterocycles. The fourth-order valence-electron chi connectivity index (χ4n) is 8.77. The minimum atomic E-state index is -1.75. The molecule has 0 unspecified atom stereocenters. The van der Waals surface area contributed by atoms with Gasteiger partial charge in [0.25, 0.3) is 11.8 Å². The third kappa shape index (κ3) is 3.81. The van der Waals surface area contributed by atoms with Gasteiger partial charge in [-0.3, -0.25) is 24.1 Å². The Balaban J connectivity index is 1.20. The second kappa shape index (κ2) is 9.53. The Morgan fingerprint density at radius 3 is 2.83 bits per heavy atom. The molecule has 1 aromatic carbocycles. The van der Waals surface area contributed by atoms with Crippen LogP contribution in [0.5, 0.6) is 0 Å². The molecule has 1 aliphatic carbocycles. The summed E-state index contributed by atoms with van der Waals surface area (Å²) in [6.07, 6.45) is 6.41. The number of ether oxygens (including phenoxy) is 1. The number of H-pyrrole nitrogens is 1. The van der Waals surface area contributed by atoms with Crippen molar-refractivity contribution in [1.82, 2.24) is 25.0 Å². The molecule has 4 fully saturated rings. The monoisotopic (exact) mass is 563 g/mol. The minimum Gasteiger partial charge on any atom is -0.361 e. The molecular formula is C32H45N5O4. The Morgan fingerprint density at radius 1 is 1.27 bits per heavy atom. The molecule has 41 heavy (non-hydrogen) atoms. The van der Waals surface area contributed by atoms with Gasteiger partial charge >= 0.3 is 0 Å². The van der Waals surface area contributed by atoms with Crippen LogP contribution in [-0.4, -0.2) is 93.0 Å². The molecule has 5 aliphatic rings. The van der Waals surface area contributed by atoms with Gasteiger partial charge in [0.1, 0.15) is 0 Å². The third-order valence-electron chi connectivity index (χ3n) is 11.3. The topological polar surface area (TPSA) is 101 Å². The molecule has 2 amide bonds. The lowest BCUT2D eigenvalue weighted by Crippen LogP contribution is -2.70. The Hall–Kier alpha value is -2.46. The van der Waals surface area contributed by atoms with Crippen molar-refractivity contribution >= 4 is 22.7 Å². The summed E-state index contributed by atoms with van der Waals surface area (Å²) in [6.45, 7) is 10.3. The van der Waals surface area contributed by atoms with E-state index < -0.39 is 11.6 Å². The lowest BCUT2D eigenvalue weighted by Gasteiger charge is -2.51. The zero-order valence-electron chi connectivity index (χ0n) is 25.0. The van der Waals surface area contributed by atoms with E-state index >= 15 is 0 Å². The second-order valence-electron chi connectivity index (χ2n) is 13.8. The number of aromatic amines is 1. The van der Waals surface area contributed by atoms with E-state index in [-0.39, 0.29) is 47.6 Å². The normalized spacial score (nSPS) is 37.8. The number of piperidine rings is 1. The van der Waals surface area contributed by atoms with Crippen LogP contribution < -0.4 is 5.32 Å². The summed E-state index contributed by atoms with van der Waals surface area (Å²) in [5.74, 6) is -2.48.